The third kappa shape index (κ3) is 1.69. The van der Waals surface area contributed by atoms with Crippen LogP contribution in [-0.2, 0) is 0 Å². The molecule has 54 valence electrons. The van der Waals surface area contributed by atoms with Crippen molar-refractivity contribution in [1.82, 2.24) is 0 Å². The summed E-state index contributed by atoms with van der Waals surface area (Å²) in [5, 5.41) is 0. The second-order valence-corrected chi connectivity index (χ2v) is 3.95. The molecule has 0 saturated heterocycles. The molecule has 0 saturated carbocycles. The van der Waals surface area contributed by atoms with E-state index in [2.05, 4.69) is 38.5 Å². The lowest BCUT2D eigenvalue weighted by molar-refractivity contribution is 0.625. The normalized spacial score (nSPS) is 10.0. The maximum absolute atomic E-state index is 12.6. The van der Waals surface area contributed by atoms with Gasteiger partial charge in [-0.25, -0.2) is 4.39 Å². The molecule has 10 heavy (non-hydrogen) atoms. The summed E-state index contributed by atoms with van der Waals surface area (Å²) in [7, 11) is 0. The van der Waals surface area contributed by atoms with Crippen molar-refractivity contribution in [3.8, 4) is 0 Å². The van der Waals surface area contributed by atoms with Crippen molar-refractivity contribution < 1.29 is 4.39 Å². The molecule has 0 amide bonds. The van der Waals surface area contributed by atoms with E-state index in [9.17, 15) is 4.39 Å². The van der Waals surface area contributed by atoms with Crippen LogP contribution in [-0.4, -0.2) is 0 Å². The van der Waals surface area contributed by atoms with E-state index in [0.29, 0.717) is 0 Å². The fourth-order valence-electron chi connectivity index (χ4n) is 0.685. The minimum atomic E-state index is -0.190. The Bertz CT molecular complexity index is 237. The number of aryl methyl sites for hydroxylation is 1. The van der Waals surface area contributed by atoms with Gasteiger partial charge in [0.25, 0.3) is 0 Å². The van der Waals surface area contributed by atoms with E-state index in [4.69, 9.17) is 0 Å². The van der Waals surface area contributed by atoms with Crippen molar-refractivity contribution in [3.63, 3.8) is 0 Å². The first-order valence-corrected chi connectivity index (χ1v) is 4.59. The van der Waals surface area contributed by atoms with Crippen LogP contribution in [0.2, 0.25) is 0 Å². The summed E-state index contributed by atoms with van der Waals surface area (Å²) in [5.41, 5.74) is 0.965. The van der Waals surface area contributed by atoms with Gasteiger partial charge in [-0.05, 0) is 63.1 Å². The Hall–Kier alpha value is 0.360. The number of halogens is 3. The quantitative estimate of drug-likeness (QED) is 0.508. The van der Waals surface area contributed by atoms with Crippen LogP contribution in [0.15, 0.2) is 16.6 Å². The molecule has 1 aromatic rings. The first-order valence-electron chi connectivity index (χ1n) is 2.72. The molecule has 0 bridgehead atoms. The Morgan fingerprint density at radius 1 is 1.50 bits per heavy atom. The van der Waals surface area contributed by atoms with Gasteiger partial charge in [0, 0.05) is 8.04 Å². The van der Waals surface area contributed by atoms with Crippen LogP contribution < -0.4 is 0 Å². The van der Waals surface area contributed by atoms with Crippen LogP contribution in [0.5, 0.6) is 0 Å². The molecule has 1 aromatic carbocycles. The Labute approximate surface area is 81.1 Å². The summed E-state index contributed by atoms with van der Waals surface area (Å²) < 4.78 is 14.5. The molecule has 0 unspecified atom stereocenters. The van der Waals surface area contributed by atoms with Gasteiger partial charge in [-0.3, -0.25) is 0 Å². The molecular weight excluding hydrogens is 310 g/mol. The summed E-state index contributed by atoms with van der Waals surface area (Å²) >= 11 is 5.42. The maximum Gasteiger partial charge on any atom is 0.124 e. The molecule has 0 heterocycles. The highest BCUT2D eigenvalue weighted by molar-refractivity contribution is 14.1. The molecule has 0 atom stereocenters. The highest BCUT2D eigenvalue weighted by atomic mass is 127. The topological polar surface area (TPSA) is 0 Å². The van der Waals surface area contributed by atoms with Gasteiger partial charge in [-0.2, -0.15) is 0 Å². The van der Waals surface area contributed by atoms with E-state index in [1.165, 1.54) is 12.1 Å². The van der Waals surface area contributed by atoms with E-state index < -0.39 is 0 Å². The minimum Gasteiger partial charge on any atom is -0.207 e. The van der Waals surface area contributed by atoms with Gasteiger partial charge < -0.3 is 0 Å². The standard InChI is InChI=1S/C7H5BrFI/c1-4-2-5(9)3-6(8)7(4)10/h2-3H,1H3. The van der Waals surface area contributed by atoms with Crippen LogP contribution >= 0.6 is 38.5 Å². The molecule has 0 aliphatic carbocycles. The molecule has 3 heteroatoms. The fourth-order valence-corrected chi connectivity index (χ4v) is 1.53. The van der Waals surface area contributed by atoms with Gasteiger partial charge in [0.1, 0.15) is 5.82 Å². The van der Waals surface area contributed by atoms with Gasteiger partial charge in [0.2, 0.25) is 0 Å². The van der Waals surface area contributed by atoms with Crippen molar-refractivity contribution in [2.75, 3.05) is 0 Å². The van der Waals surface area contributed by atoms with E-state index in [-0.39, 0.29) is 5.82 Å². The molecule has 0 radical (unpaired) electrons. The molecule has 0 spiro atoms. The van der Waals surface area contributed by atoms with E-state index in [1.54, 1.807) is 0 Å². The van der Waals surface area contributed by atoms with Crippen LogP contribution in [0, 0.1) is 16.3 Å². The summed E-state index contributed by atoms with van der Waals surface area (Å²) in [6.07, 6.45) is 0. The van der Waals surface area contributed by atoms with Gasteiger partial charge in [0.15, 0.2) is 0 Å². The lowest BCUT2D eigenvalue weighted by Gasteiger charge is -1.99. The molecular formula is C7H5BrFI. The van der Waals surface area contributed by atoms with Crippen molar-refractivity contribution in [2.24, 2.45) is 0 Å². The second kappa shape index (κ2) is 3.17. The Balaban J connectivity index is 3.31. The zero-order chi connectivity index (χ0) is 7.72. The molecule has 1 rings (SSSR count). The first kappa shape index (κ1) is 8.46. The van der Waals surface area contributed by atoms with Crippen molar-refractivity contribution in [2.45, 2.75) is 6.92 Å². The predicted octanol–water partition coefficient (Wildman–Crippen LogP) is 3.50. The SMILES string of the molecule is Cc1cc(F)cc(Br)c1I. The molecule has 0 fully saturated rings. The highest BCUT2D eigenvalue weighted by Gasteiger charge is 2.01. The van der Waals surface area contributed by atoms with Crippen LogP contribution in [0.25, 0.3) is 0 Å². The van der Waals surface area contributed by atoms with E-state index in [1.807, 2.05) is 6.92 Å². The smallest absolute Gasteiger partial charge is 0.124 e. The predicted molar refractivity (Wildman–Crippen MR) is 51.6 cm³/mol. The Morgan fingerprint density at radius 3 is 2.60 bits per heavy atom. The zero-order valence-electron chi connectivity index (χ0n) is 5.29. The summed E-state index contributed by atoms with van der Waals surface area (Å²) in [4.78, 5) is 0. The molecule has 0 nitrogen and oxygen atoms in total. The Morgan fingerprint density at radius 2 is 2.10 bits per heavy atom. The summed E-state index contributed by atoms with van der Waals surface area (Å²) in [5.74, 6) is -0.190. The van der Waals surface area contributed by atoms with Crippen molar-refractivity contribution in [3.05, 3.63) is 31.6 Å². The first-order chi connectivity index (χ1) is 4.61. The van der Waals surface area contributed by atoms with E-state index in [0.717, 1.165) is 13.6 Å². The number of hydrogen-bond acceptors (Lipinski definition) is 0. The van der Waals surface area contributed by atoms with Crippen LogP contribution in [0.4, 0.5) is 4.39 Å². The van der Waals surface area contributed by atoms with E-state index >= 15 is 0 Å². The number of hydrogen-bond donors (Lipinski definition) is 0. The van der Waals surface area contributed by atoms with Crippen molar-refractivity contribution >= 4 is 38.5 Å². The fraction of sp³-hybridized carbons (Fsp3) is 0.143. The third-order valence-electron chi connectivity index (χ3n) is 1.17. The molecule has 0 aromatic heterocycles. The van der Waals surface area contributed by atoms with Crippen LogP contribution in [0.1, 0.15) is 5.56 Å². The second-order valence-electron chi connectivity index (χ2n) is 2.02. The lowest BCUT2D eigenvalue weighted by atomic mass is 10.2. The molecule has 0 N–H and O–H groups in total. The largest absolute Gasteiger partial charge is 0.207 e. The number of benzene rings is 1. The average Bonchev–Trinajstić information content (AvgIpc) is 1.82. The van der Waals surface area contributed by atoms with Gasteiger partial charge in [0.05, 0.1) is 0 Å². The summed E-state index contributed by atoms with van der Waals surface area (Å²) in [6.45, 7) is 1.88. The Kier molecular flexibility index (Phi) is 2.68. The van der Waals surface area contributed by atoms with Crippen LogP contribution in [0.3, 0.4) is 0 Å². The summed E-state index contributed by atoms with van der Waals surface area (Å²) in [6, 6.07) is 2.99. The minimum absolute atomic E-state index is 0.190. The number of rotatable bonds is 0. The third-order valence-corrected chi connectivity index (χ3v) is 3.97. The zero-order valence-corrected chi connectivity index (χ0v) is 9.03. The highest BCUT2D eigenvalue weighted by Crippen LogP contribution is 2.23. The van der Waals surface area contributed by atoms with Gasteiger partial charge >= 0.3 is 0 Å². The monoisotopic (exact) mass is 314 g/mol. The average molecular weight is 315 g/mol. The van der Waals surface area contributed by atoms with Gasteiger partial charge in [-0.15, -0.1) is 0 Å². The van der Waals surface area contributed by atoms with Gasteiger partial charge in [-0.1, -0.05) is 0 Å². The molecule has 0 aliphatic heterocycles. The maximum atomic E-state index is 12.6. The molecule has 0 aliphatic rings. The van der Waals surface area contributed by atoms with Crippen molar-refractivity contribution in [1.29, 1.82) is 0 Å². The lowest BCUT2D eigenvalue weighted by Crippen LogP contribution is -1.84.